The quantitative estimate of drug-likeness (QED) is 0.728. The summed E-state index contributed by atoms with van der Waals surface area (Å²) in [5.41, 5.74) is 0.526. The largest absolute Gasteiger partial charge is 0.373 e. The van der Waals surface area contributed by atoms with Crippen LogP contribution >= 0.6 is 31.9 Å². The van der Waals surface area contributed by atoms with E-state index in [2.05, 4.69) is 31.9 Å². The maximum Gasteiger partial charge on any atom is 0.244 e. The van der Waals surface area contributed by atoms with Crippen LogP contribution in [-0.4, -0.2) is 38.0 Å². The SMILES string of the molecule is Cc1cc(Br)c(S(=O)(=O)N2CCOC(C)(C)C2)cc1Br. The lowest BCUT2D eigenvalue weighted by Crippen LogP contribution is -2.50. The van der Waals surface area contributed by atoms with Crippen molar-refractivity contribution in [2.75, 3.05) is 19.7 Å². The van der Waals surface area contributed by atoms with Gasteiger partial charge >= 0.3 is 0 Å². The minimum Gasteiger partial charge on any atom is -0.373 e. The second-order valence-corrected chi connectivity index (χ2v) is 9.09. The molecule has 0 atom stereocenters. The first-order valence-corrected chi connectivity index (χ1v) is 9.26. The molecule has 112 valence electrons. The highest BCUT2D eigenvalue weighted by Crippen LogP contribution is 2.32. The molecule has 1 aromatic carbocycles. The molecule has 2 rings (SSSR count). The van der Waals surface area contributed by atoms with Crippen molar-refractivity contribution in [3.63, 3.8) is 0 Å². The van der Waals surface area contributed by atoms with Crippen molar-refractivity contribution in [2.24, 2.45) is 0 Å². The van der Waals surface area contributed by atoms with Crippen LogP contribution in [0.15, 0.2) is 26.0 Å². The Morgan fingerprint density at radius 3 is 2.50 bits per heavy atom. The molecule has 0 radical (unpaired) electrons. The topological polar surface area (TPSA) is 46.6 Å². The number of ether oxygens (including phenoxy) is 1. The van der Waals surface area contributed by atoms with Gasteiger partial charge in [0, 0.05) is 22.0 Å². The summed E-state index contributed by atoms with van der Waals surface area (Å²) in [5.74, 6) is 0. The number of hydrogen-bond donors (Lipinski definition) is 0. The zero-order chi connectivity index (χ0) is 15.1. The van der Waals surface area contributed by atoms with Crippen LogP contribution in [0.5, 0.6) is 0 Å². The second kappa shape index (κ2) is 5.68. The standard InChI is InChI=1S/C13H17Br2NO3S/c1-9-6-11(15)12(7-10(9)14)20(17,18)16-4-5-19-13(2,3)8-16/h6-7H,4-5,8H2,1-3H3. The first-order chi connectivity index (χ1) is 9.13. The van der Waals surface area contributed by atoms with E-state index in [4.69, 9.17) is 4.74 Å². The van der Waals surface area contributed by atoms with Gasteiger partial charge in [-0.2, -0.15) is 4.31 Å². The van der Waals surface area contributed by atoms with Gasteiger partial charge in [0.15, 0.2) is 0 Å². The number of hydrogen-bond acceptors (Lipinski definition) is 3. The molecule has 0 aromatic heterocycles. The highest BCUT2D eigenvalue weighted by molar-refractivity contribution is 9.11. The van der Waals surface area contributed by atoms with Crippen LogP contribution in [0.25, 0.3) is 0 Å². The number of nitrogens with zero attached hydrogens (tertiary/aromatic N) is 1. The van der Waals surface area contributed by atoms with E-state index in [0.29, 0.717) is 24.2 Å². The Balaban J connectivity index is 2.43. The van der Waals surface area contributed by atoms with Crippen LogP contribution < -0.4 is 0 Å². The van der Waals surface area contributed by atoms with Crippen molar-refractivity contribution in [1.29, 1.82) is 0 Å². The first kappa shape index (κ1) is 16.4. The molecule has 1 heterocycles. The third-order valence-electron chi connectivity index (χ3n) is 3.22. The molecule has 0 aliphatic carbocycles. The Morgan fingerprint density at radius 2 is 1.90 bits per heavy atom. The van der Waals surface area contributed by atoms with Crippen LogP contribution in [-0.2, 0) is 14.8 Å². The van der Waals surface area contributed by atoms with E-state index in [-0.39, 0.29) is 4.90 Å². The van der Waals surface area contributed by atoms with Gasteiger partial charge in [-0.05, 0) is 54.4 Å². The number of benzene rings is 1. The molecule has 1 aliphatic rings. The third-order valence-corrected chi connectivity index (χ3v) is 6.88. The summed E-state index contributed by atoms with van der Waals surface area (Å²) in [6, 6.07) is 3.46. The monoisotopic (exact) mass is 425 g/mol. The maximum absolute atomic E-state index is 12.8. The summed E-state index contributed by atoms with van der Waals surface area (Å²) >= 11 is 6.74. The molecular weight excluding hydrogens is 410 g/mol. The Hall–Kier alpha value is 0.0500. The van der Waals surface area contributed by atoms with Crippen molar-refractivity contribution in [3.8, 4) is 0 Å². The lowest BCUT2D eigenvalue weighted by atomic mass is 10.1. The molecule has 0 saturated carbocycles. The molecule has 0 bridgehead atoms. The van der Waals surface area contributed by atoms with Gasteiger partial charge in [-0.15, -0.1) is 0 Å². The number of sulfonamides is 1. The first-order valence-electron chi connectivity index (χ1n) is 6.23. The van der Waals surface area contributed by atoms with Crippen molar-refractivity contribution in [1.82, 2.24) is 4.31 Å². The molecule has 0 N–H and O–H groups in total. The minimum atomic E-state index is -3.53. The van der Waals surface area contributed by atoms with Crippen molar-refractivity contribution >= 4 is 41.9 Å². The average Bonchev–Trinajstić information content (AvgIpc) is 2.32. The van der Waals surface area contributed by atoms with Gasteiger partial charge in [0.25, 0.3) is 0 Å². The summed E-state index contributed by atoms with van der Waals surface area (Å²) in [6.45, 7) is 6.86. The summed E-state index contributed by atoms with van der Waals surface area (Å²) in [6.07, 6.45) is 0. The van der Waals surface area contributed by atoms with Gasteiger partial charge in [0.05, 0.1) is 17.1 Å². The molecule has 1 fully saturated rings. The molecule has 1 aliphatic heterocycles. The molecular formula is C13H17Br2NO3S. The second-order valence-electron chi connectivity index (χ2n) is 5.48. The van der Waals surface area contributed by atoms with Gasteiger partial charge in [0.1, 0.15) is 0 Å². The number of rotatable bonds is 2. The maximum atomic E-state index is 12.8. The minimum absolute atomic E-state index is 0.285. The number of morpholine rings is 1. The van der Waals surface area contributed by atoms with E-state index in [1.165, 1.54) is 4.31 Å². The zero-order valence-corrected chi connectivity index (χ0v) is 15.6. The van der Waals surface area contributed by atoms with E-state index in [9.17, 15) is 8.42 Å². The van der Waals surface area contributed by atoms with Gasteiger partial charge in [-0.1, -0.05) is 15.9 Å². The normalized spacial score (nSPS) is 20.1. The van der Waals surface area contributed by atoms with E-state index in [1.54, 1.807) is 6.07 Å². The van der Waals surface area contributed by atoms with E-state index < -0.39 is 15.6 Å². The highest BCUT2D eigenvalue weighted by Gasteiger charge is 2.35. The summed E-state index contributed by atoms with van der Waals surface area (Å²) in [5, 5.41) is 0. The molecule has 0 spiro atoms. The average molecular weight is 427 g/mol. The van der Waals surface area contributed by atoms with Crippen LogP contribution in [0.3, 0.4) is 0 Å². The smallest absolute Gasteiger partial charge is 0.244 e. The van der Waals surface area contributed by atoms with Crippen LogP contribution in [0.4, 0.5) is 0 Å². The lowest BCUT2D eigenvalue weighted by Gasteiger charge is -2.37. The number of aryl methyl sites for hydroxylation is 1. The molecule has 0 amide bonds. The molecule has 1 saturated heterocycles. The molecule has 4 nitrogen and oxygen atoms in total. The van der Waals surface area contributed by atoms with Gasteiger partial charge < -0.3 is 4.74 Å². The Morgan fingerprint density at radius 1 is 1.25 bits per heavy atom. The zero-order valence-electron chi connectivity index (χ0n) is 11.6. The Kier molecular flexibility index (Phi) is 4.67. The van der Waals surface area contributed by atoms with Crippen LogP contribution in [0, 0.1) is 6.92 Å². The van der Waals surface area contributed by atoms with Gasteiger partial charge in [-0.25, -0.2) is 8.42 Å². The Labute approximate surface area is 136 Å². The van der Waals surface area contributed by atoms with Gasteiger partial charge in [0.2, 0.25) is 10.0 Å². The molecule has 1 aromatic rings. The molecule has 20 heavy (non-hydrogen) atoms. The summed E-state index contributed by atoms with van der Waals surface area (Å²) in [7, 11) is -3.53. The molecule has 7 heteroatoms. The van der Waals surface area contributed by atoms with E-state index in [0.717, 1.165) is 10.0 Å². The van der Waals surface area contributed by atoms with E-state index in [1.807, 2.05) is 26.8 Å². The summed E-state index contributed by atoms with van der Waals surface area (Å²) < 4.78 is 34.0. The van der Waals surface area contributed by atoms with Crippen molar-refractivity contribution in [3.05, 3.63) is 26.6 Å². The highest BCUT2D eigenvalue weighted by atomic mass is 79.9. The number of halogens is 2. The van der Waals surface area contributed by atoms with Crippen LogP contribution in [0.1, 0.15) is 19.4 Å². The van der Waals surface area contributed by atoms with Crippen LogP contribution in [0.2, 0.25) is 0 Å². The Bertz CT molecular complexity index is 629. The predicted octanol–water partition coefficient (Wildman–Crippen LogP) is 3.32. The fraction of sp³-hybridized carbons (Fsp3) is 0.538. The van der Waals surface area contributed by atoms with E-state index >= 15 is 0 Å². The third kappa shape index (κ3) is 3.27. The van der Waals surface area contributed by atoms with Crippen molar-refractivity contribution < 1.29 is 13.2 Å². The fourth-order valence-electron chi connectivity index (χ4n) is 2.14. The van der Waals surface area contributed by atoms with Crippen molar-refractivity contribution in [2.45, 2.75) is 31.3 Å². The predicted molar refractivity (Wildman–Crippen MR) is 85.4 cm³/mol. The van der Waals surface area contributed by atoms with Gasteiger partial charge in [-0.3, -0.25) is 0 Å². The molecule has 0 unspecified atom stereocenters. The summed E-state index contributed by atoms with van der Waals surface area (Å²) in [4.78, 5) is 0.285. The lowest BCUT2D eigenvalue weighted by molar-refractivity contribution is -0.0640. The fourth-order valence-corrected chi connectivity index (χ4v) is 5.36.